The molecule has 8 aromatic carbocycles. The van der Waals surface area contributed by atoms with E-state index in [1.165, 1.54) is 42.5 Å². The maximum Gasteiger partial charge on any atom is 0.303 e. The third kappa shape index (κ3) is 12.7. The van der Waals surface area contributed by atoms with Gasteiger partial charge in [-0.05, 0) is 90.9 Å². The van der Waals surface area contributed by atoms with Crippen LogP contribution in [0.4, 0.5) is 5.69 Å². The van der Waals surface area contributed by atoms with Gasteiger partial charge in [-0.3, -0.25) is 4.79 Å². The molecule has 0 amide bonds. The predicted molar refractivity (Wildman–Crippen MR) is 308 cm³/mol. The molecule has 8 N–H and O–H groups in total. The van der Waals surface area contributed by atoms with Gasteiger partial charge in [-0.2, -0.15) is 0 Å². The number of rotatable bonds is 28. The molecule has 0 unspecified atom stereocenters. The van der Waals surface area contributed by atoms with E-state index in [1.807, 2.05) is 0 Å². The fraction of sp³-hybridized carbons (Fsp3) is 0.389. The van der Waals surface area contributed by atoms with Crippen molar-refractivity contribution in [1.82, 2.24) is 0 Å². The van der Waals surface area contributed by atoms with Gasteiger partial charge in [0.1, 0.15) is 0 Å². The number of hydrogen-bond acceptors (Lipinski definition) is 20. The Morgan fingerprint density at radius 1 is 0.358 bits per heavy atom. The summed E-state index contributed by atoms with van der Waals surface area (Å²) in [4.78, 5) is 10.3. The average Bonchev–Trinajstić information content (AvgIpc) is 3.07. The Balaban J connectivity index is 0.000000234. The summed E-state index contributed by atoms with van der Waals surface area (Å²) < 4.78 is 161. The number of nitrogens with one attached hydrogen (secondary N) is 1. The van der Waals surface area contributed by atoms with E-state index < -0.39 is 107 Å². The summed E-state index contributed by atoms with van der Waals surface area (Å²) >= 11 is 0. The van der Waals surface area contributed by atoms with Crippen LogP contribution in [0.5, 0.6) is 0 Å². The summed E-state index contributed by atoms with van der Waals surface area (Å²) in [5.41, 5.74) is 0.831. The van der Waals surface area contributed by atoms with Crippen LogP contribution in [0.2, 0.25) is 0 Å². The van der Waals surface area contributed by atoms with Crippen LogP contribution in [0.25, 0.3) is 64.6 Å². The van der Waals surface area contributed by atoms with E-state index in [9.17, 15) is 91.0 Å². The van der Waals surface area contributed by atoms with E-state index in [0.717, 1.165) is 12.1 Å². The van der Waals surface area contributed by atoms with Crippen LogP contribution in [0, 0.1) is 0 Å². The molecule has 0 atom stereocenters. The average molecular weight is 1240 g/mol. The molecule has 0 saturated heterocycles. The van der Waals surface area contributed by atoms with E-state index >= 15 is 0 Å². The third-order valence-electron chi connectivity index (χ3n) is 14.0. The highest BCUT2D eigenvalue weighted by Gasteiger charge is 2.32. The van der Waals surface area contributed by atoms with E-state index in [4.69, 9.17) is 0 Å². The standard InChI is InChI=1S/C28H32O11S3.C26H31NO9S3/c29-10-1-13-40(34,35)23-16-18(4-9-26(32)33)19-5-6-21-24(41(36,37)14-2-11-30)17-25(42(38,39)15-3-12-31)22-8-7-20(23)27(19)28(21)22;1-27-21-15-22(37(31,32)12-2-9-28)18-7-8-20-24(39(35,36)14-4-11-30)16-23(38(33,34)13-3-10-29)19-6-5-17(21)25(18)26(19)20/h5-8,16-17,29-31H,1-4,9-15H2,(H,32,33);5-8,15-16,27-30H,2-4,9-14H2,1H3. The zero-order valence-corrected chi connectivity index (χ0v) is 48.9. The Labute approximate surface area is 469 Å². The molecule has 0 bridgehead atoms. The van der Waals surface area contributed by atoms with Gasteiger partial charge in [0.25, 0.3) is 0 Å². The minimum absolute atomic E-state index is 0.0135. The van der Waals surface area contributed by atoms with Crippen molar-refractivity contribution in [3.05, 3.63) is 78.4 Å². The Morgan fingerprint density at radius 2 is 0.593 bits per heavy atom. The van der Waals surface area contributed by atoms with Crippen molar-refractivity contribution >= 4 is 135 Å². The van der Waals surface area contributed by atoms with Crippen LogP contribution in [0.1, 0.15) is 50.5 Å². The van der Waals surface area contributed by atoms with Crippen molar-refractivity contribution in [2.24, 2.45) is 0 Å². The summed E-state index contributed by atoms with van der Waals surface area (Å²) in [5, 5.41) is 71.5. The molecule has 0 radical (unpaired) electrons. The Morgan fingerprint density at radius 3 is 0.864 bits per heavy atom. The predicted octanol–water partition coefficient (Wildman–Crippen LogP) is 4.16. The lowest BCUT2D eigenvalue weighted by atomic mass is 9.90. The van der Waals surface area contributed by atoms with Gasteiger partial charge in [0, 0.05) is 107 Å². The van der Waals surface area contributed by atoms with Gasteiger partial charge in [-0.25, -0.2) is 50.5 Å². The number of carboxylic acids is 1. The van der Waals surface area contributed by atoms with Gasteiger partial charge in [-0.15, -0.1) is 0 Å². The number of aryl methyl sites for hydroxylation is 1. The minimum Gasteiger partial charge on any atom is -0.481 e. The van der Waals surface area contributed by atoms with Crippen LogP contribution in [-0.4, -0.2) is 173 Å². The summed E-state index contributed by atoms with van der Waals surface area (Å²) in [7, 11) is -22.6. The molecule has 0 heterocycles. The molecule has 0 fully saturated rings. The van der Waals surface area contributed by atoms with Crippen LogP contribution < -0.4 is 5.32 Å². The molecule has 21 nitrogen and oxygen atoms in total. The topological polar surface area (TPSA) is 376 Å². The summed E-state index contributed by atoms with van der Waals surface area (Å²) in [6.07, 6.45) is -0.666. The van der Waals surface area contributed by atoms with Crippen molar-refractivity contribution < 1.29 is 91.0 Å². The highest BCUT2D eigenvalue weighted by Crippen LogP contribution is 2.47. The van der Waals surface area contributed by atoms with Gasteiger partial charge in [-0.1, -0.05) is 48.5 Å². The quantitative estimate of drug-likeness (QED) is 0.0319. The first-order valence-electron chi connectivity index (χ1n) is 25.7. The largest absolute Gasteiger partial charge is 0.481 e. The van der Waals surface area contributed by atoms with Crippen molar-refractivity contribution in [2.45, 2.75) is 80.7 Å². The second-order valence-corrected chi connectivity index (χ2v) is 31.8. The lowest BCUT2D eigenvalue weighted by molar-refractivity contribution is -0.136. The van der Waals surface area contributed by atoms with Crippen LogP contribution in [-0.2, 0) is 70.2 Å². The van der Waals surface area contributed by atoms with Crippen LogP contribution >= 0.6 is 0 Å². The van der Waals surface area contributed by atoms with Gasteiger partial charge >= 0.3 is 5.97 Å². The molecule has 27 heteroatoms. The number of aliphatic hydroxyl groups is 6. The second kappa shape index (κ2) is 25.2. The first kappa shape index (κ1) is 63.2. The van der Waals surface area contributed by atoms with E-state index in [-0.39, 0.29) is 151 Å². The molecular weight excluding hydrogens is 1170 g/mol. The lowest BCUT2D eigenvalue weighted by Crippen LogP contribution is -2.14. The van der Waals surface area contributed by atoms with E-state index in [2.05, 4.69) is 5.32 Å². The minimum atomic E-state index is -4.13. The number of aliphatic hydroxyl groups excluding tert-OH is 6. The number of aliphatic carboxylic acids is 1. The maximum absolute atomic E-state index is 13.5. The Kier molecular flexibility index (Phi) is 19.6. The van der Waals surface area contributed by atoms with E-state index in [0.29, 0.717) is 38.2 Å². The first-order chi connectivity index (χ1) is 38.2. The fourth-order valence-electron chi connectivity index (χ4n) is 10.3. The van der Waals surface area contributed by atoms with Crippen LogP contribution in [0.3, 0.4) is 0 Å². The molecule has 8 rings (SSSR count). The number of benzene rings is 8. The first-order valence-corrected chi connectivity index (χ1v) is 35.6. The molecule has 81 heavy (non-hydrogen) atoms. The number of carboxylic acid groups (broad SMARTS) is 1. The molecule has 0 aromatic heterocycles. The zero-order chi connectivity index (χ0) is 59.5. The molecule has 0 aliphatic carbocycles. The summed E-state index contributed by atoms with van der Waals surface area (Å²) in [5.74, 6) is -3.56. The van der Waals surface area contributed by atoms with Gasteiger partial charge in [0.05, 0.1) is 63.9 Å². The number of anilines is 1. The van der Waals surface area contributed by atoms with Gasteiger partial charge in [0.2, 0.25) is 0 Å². The lowest BCUT2D eigenvalue weighted by Gasteiger charge is -2.21. The normalized spacial score (nSPS) is 13.1. The molecule has 0 saturated carbocycles. The number of hydrogen-bond donors (Lipinski definition) is 8. The second-order valence-electron chi connectivity index (χ2n) is 19.4. The smallest absolute Gasteiger partial charge is 0.303 e. The Hall–Kier alpha value is -5.43. The van der Waals surface area contributed by atoms with Crippen LogP contribution in [0.15, 0.2) is 102 Å². The summed E-state index contributed by atoms with van der Waals surface area (Å²) in [6.45, 7) is -2.24. The molecule has 440 valence electrons. The van der Waals surface area contributed by atoms with Gasteiger partial charge < -0.3 is 41.1 Å². The van der Waals surface area contributed by atoms with Gasteiger partial charge in [0.15, 0.2) is 59.0 Å². The van der Waals surface area contributed by atoms with Crippen molar-refractivity contribution in [2.75, 3.05) is 86.5 Å². The third-order valence-corrected chi connectivity index (χ3v) is 25.0. The number of sulfone groups is 6. The zero-order valence-electron chi connectivity index (χ0n) is 44.0. The molecular formula is C54H63NO20S6. The fourth-order valence-corrected chi connectivity index (χ4v) is 19.6. The molecule has 8 aromatic rings. The monoisotopic (exact) mass is 1240 g/mol. The number of carbonyl (C=O) groups is 1. The highest BCUT2D eigenvalue weighted by molar-refractivity contribution is 7.93. The van der Waals surface area contributed by atoms with E-state index in [1.54, 1.807) is 25.2 Å². The van der Waals surface area contributed by atoms with Crippen molar-refractivity contribution in [1.29, 1.82) is 0 Å². The molecule has 0 aliphatic rings. The summed E-state index contributed by atoms with van der Waals surface area (Å²) in [6, 6.07) is 17.4. The SMILES string of the molecule is CNc1cc(S(=O)(=O)CCCO)c2ccc3c(S(=O)(=O)CCCO)cc(S(=O)(=O)CCCO)c4ccc1c2c43.O=C(O)CCc1cc(S(=O)(=O)CCCO)c2ccc3c(S(=O)(=O)CCCO)cc(S(=O)(=O)CCCO)c4ccc1c2c43. The molecule has 0 spiro atoms. The van der Waals surface area contributed by atoms with Crippen molar-refractivity contribution in [3.8, 4) is 0 Å². The maximum atomic E-state index is 13.5. The highest BCUT2D eigenvalue weighted by atomic mass is 32.2. The molecule has 0 aliphatic heterocycles. The Bertz CT molecular complexity index is 4260. The van der Waals surface area contributed by atoms with Crippen molar-refractivity contribution in [3.63, 3.8) is 0 Å².